The van der Waals surface area contributed by atoms with Gasteiger partial charge in [-0.3, -0.25) is 11.3 Å². The van der Waals surface area contributed by atoms with Gasteiger partial charge in [0.1, 0.15) is 5.75 Å². The van der Waals surface area contributed by atoms with E-state index < -0.39 is 0 Å². The molecule has 0 amide bonds. The molecule has 0 unspecified atom stereocenters. The maximum Gasteiger partial charge on any atom is 0.124 e. The van der Waals surface area contributed by atoms with Crippen LogP contribution in [0.25, 0.3) is 0 Å². The van der Waals surface area contributed by atoms with Crippen LogP contribution >= 0.6 is 22.6 Å². The van der Waals surface area contributed by atoms with Crippen LogP contribution in [0.2, 0.25) is 0 Å². The lowest BCUT2D eigenvalue weighted by Gasteiger charge is -2.07. The summed E-state index contributed by atoms with van der Waals surface area (Å²) in [6.07, 6.45) is 0. The molecule has 0 aliphatic rings. The zero-order valence-corrected chi connectivity index (χ0v) is 8.96. The lowest BCUT2D eigenvalue weighted by Crippen LogP contribution is -2.21. The average Bonchev–Trinajstić information content (AvgIpc) is 2.08. The van der Waals surface area contributed by atoms with E-state index in [1.165, 1.54) is 0 Å². The van der Waals surface area contributed by atoms with Crippen molar-refractivity contribution in [3.05, 3.63) is 27.3 Å². The molecule has 0 radical (unpaired) electrons. The van der Waals surface area contributed by atoms with Gasteiger partial charge in [0.2, 0.25) is 0 Å². The van der Waals surface area contributed by atoms with E-state index in [0.29, 0.717) is 6.54 Å². The summed E-state index contributed by atoms with van der Waals surface area (Å²) in [4.78, 5) is 0. The molecule has 0 aliphatic carbocycles. The van der Waals surface area contributed by atoms with Gasteiger partial charge in [-0.2, -0.15) is 0 Å². The number of halogens is 1. The molecular formula is C8H11IN2O. The third-order valence-corrected chi connectivity index (χ3v) is 2.21. The Labute approximate surface area is 85.4 Å². The van der Waals surface area contributed by atoms with Crippen molar-refractivity contribution in [1.82, 2.24) is 5.43 Å². The van der Waals surface area contributed by atoms with E-state index in [4.69, 9.17) is 10.6 Å². The minimum Gasteiger partial charge on any atom is -0.496 e. The van der Waals surface area contributed by atoms with Crippen molar-refractivity contribution < 1.29 is 4.74 Å². The largest absolute Gasteiger partial charge is 0.496 e. The zero-order valence-electron chi connectivity index (χ0n) is 6.80. The molecule has 3 nitrogen and oxygen atoms in total. The third-order valence-electron chi connectivity index (χ3n) is 1.54. The van der Waals surface area contributed by atoms with Crippen LogP contribution in [0, 0.1) is 3.57 Å². The molecule has 1 rings (SSSR count). The topological polar surface area (TPSA) is 47.3 Å². The molecule has 66 valence electrons. The van der Waals surface area contributed by atoms with Crippen LogP contribution in [-0.4, -0.2) is 7.11 Å². The Morgan fingerprint density at radius 2 is 2.33 bits per heavy atom. The molecule has 12 heavy (non-hydrogen) atoms. The number of ether oxygens (including phenoxy) is 1. The Balaban J connectivity index is 2.94. The van der Waals surface area contributed by atoms with Crippen molar-refractivity contribution in [2.75, 3.05) is 7.11 Å². The molecule has 0 fully saturated rings. The summed E-state index contributed by atoms with van der Waals surface area (Å²) in [5.41, 5.74) is 3.67. The minimum atomic E-state index is 0.625. The van der Waals surface area contributed by atoms with Gasteiger partial charge in [-0.15, -0.1) is 0 Å². The van der Waals surface area contributed by atoms with Gasteiger partial charge in [0.25, 0.3) is 0 Å². The Morgan fingerprint density at radius 3 is 2.92 bits per heavy atom. The molecule has 3 N–H and O–H groups in total. The number of hydrazine groups is 1. The van der Waals surface area contributed by atoms with Crippen LogP contribution in [0.3, 0.4) is 0 Å². The fourth-order valence-electron chi connectivity index (χ4n) is 0.974. The van der Waals surface area contributed by atoms with E-state index in [0.717, 1.165) is 14.9 Å². The highest BCUT2D eigenvalue weighted by Crippen LogP contribution is 2.20. The second-order valence-corrected chi connectivity index (χ2v) is 3.58. The molecule has 0 heterocycles. The van der Waals surface area contributed by atoms with E-state index in [2.05, 4.69) is 28.0 Å². The summed E-state index contributed by atoms with van der Waals surface area (Å²) in [7, 11) is 1.66. The number of hydrogen-bond donors (Lipinski definition) is 2. The molecular weight excluding hydrogens is 267 g/mol. The summed E-state index contributed by atoms with van der Waals surface area (Å²) >= 11 is 2.24. The monoisotopic (exact) mass is 278 g/mol. The maximum atomic E-state index is 5.21. The van der Waals surface area contributed by atoms with E-state index in [1.54, 1.807) is 7.11 Å². The first-order chi connectivity index (χ1) is 5.77. The highest BCUT2D eigenvalue weighted by atomic mass is 127. The fraction of sp³-hybridized carbons (Fsp3) is 0.250. The van der Waals surface area contributed by atoms with Gasteiger partial charge in [0.05, 0.1) is 7.11 Å². The molecule has 0 aliphatic heterocycles. The Bertz CT molecular complexity index is 265. The quantitative estimate of drug-likeness (QED) is 0.497. The fourth-order valence-corrected chi connectivity index (χ4v) is 1.44. The lowest BCUT2D eigenvalue weighted by molar-refractivity contribution is 0.407. The van der Waals surface area contributed by atoms with Crippen LogP contribution in [0.1, 0.15) is 5.56 Å². The Kier molecular flexibility index (Phi) is 3.77. The number of benzene rings is 1. The summed E-state index contributed by atoms with van der Waals surface area (Å²) in [6, 6.07) is 6.00. The van der Waals surface area contributed by atoms with Crippen LogP contribution in [-0.2, 0) is 6.54 Å². The van der Waals surface area contributed by atoms with E-state index in [1.807, 2.05) is 18.2 Å². The number of hydrogen-bond acceptors (Lipinski definition) is 3. The summed E-state index contributed by atoms with van der Waals surface area (Å²) < 4.78 is 6.34. The van der Waals surface area contributed by atoms with Crippen molar-refractivity contribution >= 4 is 22.6 Å². The van der Waals surface area contributed by atoms with Gasteiger partial charge in [-0.1, -0.05) is 6.07 Å². The van der Waals surface area contributed by atoms with E-state index >= 15 is 0 Å². The van der Waals surface area contributed by atoms with E-state index in [9.17, 15) is 0 Å². The molecule has 1 aromatic rings. The lowest BCUT2D eigenvalue weighted by atomic mass is 10.2. The van der Waals surface area contributed by atoms with Gasteiger partial charge in [0.15, 0.2) is 0 Å². The molecule has 0 aromatic heterocycles. The molecule has 0 spiro atoms. The van der Waals surface area contributed by atoms with Crippen molar-refractivity contribution in [2.45, 2.75) is 6.54 Å². The van der Waals surface area contributed by atoms with Gasteiger partial charge in [-0.05, 0) is 34.7 Å². The Hall–Kier alpha value is -0.330. The second kappa shape index (κ2) is 4.64. The van der Waals surface area contributed by atoms with E-state index in [-0.39, 0.29) is 0 Å². The third kappa shape index (κ3) is 2.33. The highest BCUT2D eigenvalue weighted by molar-refractivity contribution is 14.1. The highest BCUT2D eigenvalue weighted by Gasteiger charge is 2.01. The number of rotatable bonds is 3. The molecule has 0 atom stereocenters. The summed E-state index contributed by atoms with van der Waals surface area (Å²) in [5, 5.41) is 0. The molecule has 4 heteroatoms. The van der Waals surface area contributed by atoms with Crippen LogP contribution in [0.4, 0.5) is 0 Å². The maximum absolute atomic E-state index is 5.21. The average molecular weight is 278 g/mol. The first kappa shape index (κ1) is 9.76. The van der Waals surface area contributed by atoms with Crippen LogP contribution in [0.15, 0.2) is 18.2 Å². The van der Waals surface area contributed by atoms with Gasteiger partial charge < -0.3 is 4.74 Å². The zero-order chi connectivity index (χ0) is 8.97. The summed E-state index contributed by atoms with van der Waals surface area (Å²) in [6.45, 7) is 0.625. The smallest absolute Gasteiger partial charge is 0.124 e. The number of nitrogens with two attached hydrogens (primary N) is 1. The van der Waals surface area contributed by atoms with Gasteiger partial charge in [-0.25, -0.2) is 0 Å². The van der Waals surface area contributed by atoms with Gasteiger partial charge in [0, 0.05) is 15.7 Å². The number of nitrogens with one attached hydrogen (secondary N) is 1. The summed E-state index contributed by atoms with van der Waals surface area (Å²) in [5.74, 6) is 6.09. The van der Waals surface area contributed by atoms with Crippen molar-refractivity contribution in [3.63, 3.8) is 0 Å². The van der Waals surface area contributed by atoms with Crippen LogP contribution < -0.4 is 16.0 Å². The predicted molar refractivity (Wildman–Crippen MR) is 56.7 cm³/mol. The van der Waals surface area contributed by atoms with Crippen molar-refractivity contribution in [2.24, 2.45) is 5.84 Å². The molecule has 1 aromatic carbocycles. The molecule has 0 saturated carbocycles. The first-order valence-electron chi connectivity index (χ1n) is 3.54. The van der Waals surface area contributed by atoms with Crippen molar-refractivity contribution in [1.29, 1.82) is 0 Å². The first-order valence-corrected chi connectivity index (χ1v) is 4.61. The Morgan fingerprint density at radius 1 is 1.58 bits per heavy atom. The predicted octanol–water partition coefficient (Wildman–Crippen LogP) is 1.26. The SMILES string of the molecule is COc1cc(I)ccc1CNN. The second-order valence-electron chi connectivity index (χ2n) is 2.34. The standard InChI is InChI=1S/C8H11IN2O/c1-12-8-4-7(9)3-2-6(8)5-11-10/h2-4,11H,5,10H2,1H3. The van der Waals surface area contributed by atoms with Crippen LogP contribution in [0.5, 0.6) is 5.75 Å². The minimum absolute atomic E-state index is 0.625. The van der Waals surface area contributed by atoms with Gasteiger partial charge >= 0.3 is 0 Å². The van der Waals surface area contributed by atoms with Crippen molar-refractivity contribution in [3.8, 4) is 5.75 Å². The number of methoxy groups -OCH3 is 1. The molecule has 0 saturated heterocycles. The molecule has 0 bridgehead atoms. The normalized spacial score (nSPS) is 9.92.